The Morgan fingerprint density at radius 3 is 2.47 bits per heavy atom. The zero-order valence-electron chi connectivity index (χ0n) is 10.6. The molecule has 3 N–H and O–H groups in total. The fourth-order valence-corrected chi connectivity index (χ4v) is 3.88. The molecule has 0 spiro atoms. The van der Waals surface area contributed by atoms with E-state index in [1.165, 1.54) is 24.2 Å². The van der Waals surface area contributed by atoms with Gasteiger partial charge in [-0.25, -0.2) is 0 Å². The molecule has 1 amide bonds. The van der Waals surface area contributed by atoms with Crippen molar-refractivity contribution >= 4 is 50.4 Å². The van der Waals surface area contributed by atoms with Crippen LogP contribution in [0.1, 0.15) is 48.9 Å². The number of nitrogens with one attached hydrogen (secondary N) is 1. The molecular weight excluding hydrogens is 344 g/mol. The van der Waals surface area contributed by atoms with E-state index >= 15 is 0 Å². The van der Waals surface area contributed by atoms with Crippen molar-refractivity contribution < 1.29 is 4.79 Å². The average Bonchev–Trinajstić information content (AvgIpc) is 2.65. The number of hydrogen-bond donors (Lipinski definition) is 2. The molecule has 6 heteroatoms. The number of nitrogens with two attached hydrogens (primary N) is 1. The van der Waals surface area contributed by atoms with Crippen molar-refractivity contribution in [3.63, 3.8) is 0 Å². The Morgan fingerprint density at radius 1 is 1.37 bits per heavy atom. The fourth-order valence-electron chi connectivity index (χ4n) is 2.48. The Morgan fingerprint density at radius 2 is 2.00 bits per heavy atom. The molecule has 1 aromatic rings. The van der Waals surface area contributed by atoms with Gasteiger partial charge in [0, 0.05) is 5.38 Å². The van der Waals surface area contributed by atoms with Crippen LogP contribution in [0.5, 0.6) is 0 Å². The van der Waals surface area contributed by atoms with E-state index in [2.05, 4.69) is 21.2 Å². The molecule has 19 heavy (non-hydrogen) atoms. The van der Waals surface area contributed by atoms with Crippen LogP contribution in [0.3, 0.4) is 0 Å². The van der Waals surface area contributed by atoms with Gasteiger partial charge in [-0.05, 0) is 34.8 Å². The number of carbonyl (C=O) groups excluding carboxylic acids is 1. The fraction of sp³-hybridized carbons (Fsp3) is 0.538. The SMILES string of the molecule is NC(=S)C1(NC(=O)c2csc(Br)c2)CCCCCC1. The first kappa shape index (κ1) is 14.9. The number of thiophene rings is 1. The van der Waals surface area contributed by atoms with Crippen molar-refractivity contribution in [1.29, 1.82) is 0 Å². The summed E-state index contributed by atoms with van der Waals surface area (Å²) in [5, 5.41) is 4.92. The Hall–Kier alpha value is -0.460. The summed E-state index contributed by atoms with van der Waals surface area (Å²) in [4.78, 5) is 12.7. The zero-order valence-corrected chi connectivity index (χ0v) is 13.8. The summed E-state index contributed by atoms with van der Waals surface area (Å²) in [6.07, 6.45) is 6.18. The lowest BCUT2D eigenvalue weighted by Crippen LogP contribution is -2.56. The highest BCUT2D eigenvalue weighted by molar-refractivity contribution is 9.11. The van der Waals surface area contributed by atoms with Crippen LogP contribution < -0.4 is 11.1 Å². The predicted molar refractivity (Wildman–Crippen MR) is 86.7 cm³/mol. The largest absolute Gasteiger partial charge is 0.391 e. The highest BCUT2D eigenvalue weighted by Gasteiger charge is 2.35. The van der Waals surface area contributed by atoms with Gasteiger partial charge in [0.25, 0.3) is 5.91 Å². The second-order valence-corrected chi connectivity index (χ2v) is 7.68. The topological polar surface area (TPSA) is 55.1 Å². The first-order valence-electron chi connectivity index (χ1n) is 6.40. The molecule has 1 heterocycles. The molecule has 1 aliphatic carbocycles. The summed E-state index contributed by atoms with van der Waals surface area (Å²) in [5.41, 5.74) is 6.07. The van der Waals surface area contributed by atoms with Crippen LogP contribution in [0.25, 0.3) is 0 Å². The molecule has 1 saturated carbocycles. The van der Waals surface area contributed by atoms with Gasteiger partial charge in [-0.15, -0.1) is 11.3 Å². The molecule has 1 aliphatic rings. The maximum absolute atomic E-state index is 12.3. The van der Waals surface area contributed by atoms with E-state index in [9.17, 15) is 4.79 Å². The quantitative estimate of drug-likeness (QED) is 0.639. The Bertz CT molecular complexity index is 479. The minimum Gasteiger partial charge on any atom is -0.391 e. The third kappa shape index (κ3) is 3.55. The van der Waals surface area contributed by atoms with E-state index in [0.717, 1.165) is 29.5 Å². The molecule has 0 bridgehead atoms. The van der Waals surface area contributed by atoms with Crippen LogP contribution in [0.15, 0.2) is 15.2 Å². The van der Waals surface area contributed by atoms with E-state index < -0.39 is 5.54 Å². The van der Waals surface area contributed by atoms with Crippen LogP contribution in [0.2, 0.25) is 0 Å². The minimum absolute atomic E-state index is 0.0864. The number of amides is 1. The van der Waals surface area contributed by atoms with Crippen LogP contribution in [0.4, 0.5) is 0 Å². The highest BCUT2D eigenvalue weighted by Crippen LogP contribution is 2.29. The van der Waals surface area contributed by atoms with Gasteiger partial charge < -0.3 is 11.1 Å². The van der Waals surface area contributed by atoms with E-state index in [-0.39, 0.29) is 5.91 Å². The monoisotopic (exact) mass is 360 g/mol. The molecule has 104 valence electrons. The Balaban J connectivity index is 2.16. The predicted octanol–water partition coefficient (Wildman–Crippen LogP) is 3.62. The standard InChI is InChI=1S/C13H17BrN2OS2/c14-10-7-9(8-19-10)11(17)16-13(12(15)18)5-3-1-2-4-6-13/h7-8H,1-6H2,(H2,15,18)(H,16,17). The smallest absolute Gasteiger partial charge is 0.252 e. The average molecular weight is 361 g/mol. The summed E-state index contributed by atoms with van der Waals surface area (Å²) < 4.78 is 0.947. The maximum Gasteiger partial charge on any atom is 0.252 e. The molecule has 0 aromatic carbocycles. The van der Waals surface area contributed by atoms with Gasteiger partial charge in [-0.3, -0.25) is 4.79 Å². The molecule has 0 aliphatic heterocycles. The summed E-state index contributed by atoms with van der Waals surface area (Å²) in [7, 11) is 0. The van der Waals surface area contributed by atoms with Gasteiger partial charge in [0.2, 0.25) is 0 Å². The second-order valence-electron chi connectivity index (χ2n) is 4.95. The molecule has 2 rings (SSSR count). The lowest BCUT2D eigenvalue weighted by atomic mass is 9.89. The van der Waals surface area contributed by atoms with Gasteiger partial charge >= 0.3 is 0 Å². The number of rotatable bonds is 3. The van der Waals surface area contributed by atoms with Crippen LogP contribution in [-0.4, -0.2) is 16.4 Å². The number of carbonyl (C=O) groups is 1. The van der Waals surface area contributed by atoms with Crippen LogP contribution in [0, 0.1) is 0 Å². The summed E-state index contributed by atoms with van der Waals surface area (Å²) in [5.74, 6) is -0.0864. The van der Waals surface area contributed by atoms with Crippen molar-refractivity contribution in [2.24, 2.45) is 5.73 Å². The van der Waals surface area contributed by atoms with E-state index in [0.29, 0.717) is 10.6 Å². The third-order valence-corrected chi connectivity index (χ3v) is 5.51. The molecule has 0 radical (unpaired) electrons. The summed E-state index contributed by atoms with van der Waals surface area (Å²) >= 11 is 10.1. The van der Waals surface area contributed by atoms with Gasteiger partial charge in [0.05, 0.1) is 19.9 Å². The highest BCUT2D eigenvalue weighted by atomic mass is 79.9. The lowest BCUT2D eigenvalue weighted by molar-refractivity contribution is 0.0918. The van der Waals surface area contributed by atoms with Gasteiger partial charge in [0.15, 0.2) is 0 Å². The van der Waals surface area contributed by atoms with Crippen LogP contribution in [-0.2, 0) is 0 Å². The second kappa shape index (κ2) is 6.33. The summed E-state index contributed by atoms with van der Waals surface area (Å²) in [6, 6.07) is 1.82. The number of thiocarbonyl (C=S) groups is 1. The lowest BCUT2D eigenvalue weighted by Gasteiger charge is -2.32. The van der Waals surface area contributed by atoms with Crippen molar-refractivity contribution in [3.8, 4) is 0 Å². The normalized spacial score (nSPS) is 18.6. The van der Waals surface area contributed by atoms with E-state index in [1.54, 1.807) is 0 Å². The molecular formula is C13H17BrN2OS2. The molecule has 0 atom stereocenters. The van der Waals surface area contributed by atoms with Gasteiger partial charge in [-0.1, -0.05) is 37.9 Å². The zero-order chi connectivity index (χ0) is 13.9. The molecule has 0 saturated heterocycles. The summed E-state index contributed by atoms with van der Waals surface area (Å²) in [6.45, 7) is 0. The third-order valence-electron chi connectivity index (χ3n) is 3.61. The van der Waals surface area contributed by atoms with Gasteiger partial charge in [0.1, 0.15) is 0 Å². The molecule has 1 aromatic heterocycles. The Kier molecular flexibility index (Phi) is 4.97. The first-order chi connectivity index (χ1) is 9.03. The maximum atomic E-state index is 12.3. The van der Waals surface area contributed by atoms with Crippen molar-refractivity contribution in [2.45, 2.75) is 44.1 Å². The number of halogens is 1. The van der Waals surface area contributed by atoms with E-state index in [4.69, 9.17) is 18.0 Å². The van der Waals surface area contributed by atoms with E-state index in [1.807, 2.05) is 11.4 Å². The first-order valence-corrected chi connectivity index (χ1v) is 8.48. The van der Waals surface area contributed by atoms with Gasteiger partial charge in [-0.2, -0.15) is 0 Å². The van der Waals surface area contributed by atoms with Crippen LogP contribution >= 0.6 is 39.5 Å². The molecule has 1 fully saturated rings. The number of hydrogen-bond acceptors (Lipinski definition) is 3. The van der Waals surface area contributed by atoms with Crippen molar-refractivity contribution in [2.75, 3.05) is 0 Å². The molecule has 3 nitrogen and oxygen atoms in total. The van der Waals surface area contributed by atoms with Crippen molar-refractivity contribution in [1.82, 2.24) is 5.32 Å². The van der Waals surface area contributed by atoms with Crippen molar-refractivity contribution in [3.05, 3.63) is 20.8 Å². The minimum atomic E-state index is -0.503. The Labute approximate surface area is 131 Å². The molecule has 0 unspecified atom stereocenters.